The lowest BCUT2D eigenvalue weighted by molar-refractivity contribution is -0.141. The van der Waals surface area contributed by atoms with E-state index in [1.54, 1.807) is 13.1 Å². The molecule has 1 aliphatic heterocycles. The third-order valence-corrected chi connectivity index (χ3v) is 3.14. The molecule has 1 heterocycles. The van der Waals surface area contributed by atoms with E-state index in [1.807, 2.05) is 0 Å². The van der Waals surface area contributed by atoms with Gasteiger partial charge < -0.3 is 20.4 Å². The van der Waals surface area contributed by atoms with Crippen LogP contribution in [0.4, 0.5) is 5.69 Å². The minimum atomic E-state index is -1.07. The maximum absolute atomic E-state index is 12.1. The van der Waals surface area contributed by atoms with Crippen molar-refractivity contribution >= 4 is 23.5 Å². The zero-order chi connectivity index (χ0) is 14.9. The van der Waals surface area contributed by atoms with Crippen LogP contribution in [0.1, 0.15) is 22.3 Å². The average molecular weight is 278 g/mol. The quantitative estimate of drug-likeness (QED) is 0.748. The zero-order valence-electron chi connectivity index (χ0n) is 10.8. The number of aromatic carboxylic acids is 1. The van der Waals surface area contributed by atoms with Gasteiger partial charge in [0.05, 0.1) is 12.0 Å². The molecule has 106 valence electrons. The van der Waals surface area contributed by atoms with Crippen LogP contribution in [0.15, 0.2) is 18.2 Å². The van der Waals surface area contributed by atoms with E-state index in [9.17, 15) is 14.4 Å². The van der Waals surface area contributed by atoms with E-state index in [0.717, 1.165) is 0 Å². The molecule has 0 unspecified atom stereocenters. The molecule has 2 rings (SSSR count). The summed E-state index contributed by atoms with van der Waals surface area (Å²) in [6, 6.07) is 3.61. The summed E-state index contributed by atoms with van der Waals surface area (Å²) in [5, 5.41) is 20.7. The van der Waals surface area contributed by atoms with Crippen LogP contribution in [-0.2, 0) is 16.1 Å². The second kappa shape index (κ2) is 5.20. The zero-order valence-corrected chi connectivity index (χ0v) is 10.8. The van der Waals surface area contributed by atoms with Crippen LogP contribution in [0.3, 0.4) is 0 Å². The number of carbonyl (C=O) groups is 3. The lowest BCUT2D eigenvalue weighted by atomic mass is 10.1. The Morgan fingerprint density at radius 2 is 2.10 bits per heavy atom. The maximum Gasteiger partial charge on any atom is 0.335 e. The maximum atomic E-state index is 12.1. The molecule has 20 heavy (non-hydrogen) atoms. The summed E-state index contributed by atoms with van der Waals surface area (Å²) in [4.78, 5) is 35.2. The lowest BCUT2D eigenvalue weighted by Gasteiger charge is -2.19. The van der Waals surface area contributed by atoms with Crippen molar-refractivity contribution in [3.63, 3.8) is 0 Å². The van der Waals surface area contributed by atoms with Gasteiger partial charge in [-0.3, -0.25) is 9.59 Å². The Kier molecular flexibility index (Phi) is 3.60. The first-order valence-electron chi connectivity index (χ1n) is 5.98. The van der Waals surface area contributed by atoms with E-state index in [0.29, 0.717) is 11.3 Å². The first kappa shape index (κ1) is 13.9. The predicted molar refractivity (Wildman–Crippen MR) is 69.5 cm³/mol. The number of likely N-dealkylation sites (N-methyl/N-ethyl adjacent to an activating group) is 1. The lowest BCUT2D eigenvalue weighted by Crippen LogP contribution is -2.39. The standard InChI is InChI=1S/C13H14N2O5/c1-15-6-8-4-7(13(19)20)2-3-9(8)14-10(12(15)18)5-11(16)17/h2-4,10,14H,5-6H2,1H3,(H,16,17)(H,19,20)/t10-/m0/s1. The fraction of sp³-hybridized carbons (Fsp3) is 0.308. The largest absolute Gasteiger partial charge is 0.481 e. The number of carboxylic acid groups (broad SMARTS) is 2. The van der Waals surface area contributed by atoms with Gasteiger partial charge in [0.15, 0.2) is 0 Å². The molecule has 0 radical (unpaired) electrons. The third kappa shape index (κ3) is 2.71. The molecule has 0 bridgehead atoms. The van der Waals surface area contributed by atoms with Gasteiger partial charge in [-0.15, -0.1) is 0 Å². The molecule has 0 spiro atoms. The number of fused-ring (bicyclic) bond motifs is 1. The molecule has 1 amide bonds. The molecule has 3 N–H and O–H groups in total. The van der Waals surface area contributed by atoms with Gasteiger partial charge in [-0.25, -0.2) is 4.79 Å². The van der Waals surface area contributed by atoms with Crippen molar-refractivity contribution in [3.05, 3.63) is 29.3 Å². The van der Waals surface area contributed by atoms with Crippen LogP contribution in [-0.4, -0.2) is 46.0 Å². The van der Waals surface area contributed by atoms with Crippen molar-refractivity contribution in [3.8, 4) is 0 Å². The van der Waals surface area contributed by atoms with Gasteiger partial charge in [-0.2, -0.15) is 0 Å². The summed E-state index contributed by atoms with van der Waals surface area (Å²) in [5.74, 6) is -2.46. The monoisotopic (exact) mass is 278 g/mol. The molecule has 1 aromatic carbocycles. The van der Waals surface area contributed by atoms with Gasteiger partial charge in [0, 0.05) is 19.3 Å². The normalized spacial score (nSPS) is 17.9. The summed E-state index contributed by atoms with van der Waals surface area (Å²) in [7, 11) is 1.56. The van der Waals surface area contributed by atoms with Gasteiger partial charge >= 0.3 is 11.9 Å². The van der Waals surface area contributed by atoms with Crippen LogP contribution in [0.5, 0.6) is 0 Å². The number of anilines is 1. The molecule has 7 heteroatoms. The highest BCUT2D eigenvalue weighted by Crippen LogP contribution is 2.24. The number of nitrogens with zero attached hydrogens (tertiary/aromatic N) is 1. The molecule has 0 aliphatic carbocycles. The van der Waals surface area contributed by atoms with Gasteiger partial charge in [0.25, 0.3) is 0 Å². The molecule has 0 fully saturated rings. The van der Waals surface area contributed by atoms with Crippen LogP contribution < -0.4 is 5.32 Å². The van der Waals surface area contributed by atoms with Gasteiger partial charge in [-0.05, 0) is 23.8 Å². The fourth-order valence-electron chi connectivity index (χ4n) is 2.16. The summed E-state index contributed by atoms with van der Waals surface area (Å²) in [5.41, 5.74) is 1.36. The number of rotatable bonds is 3. The summed E-state index contributed by atoms with van der Waals surface area (Å²) >= 11 is 0. The highest BCUT2D eigenvalue weighted by atomic mass is 16.4. The molecule has 1 aromatic rings. The topological polar surface area (TPSA) is 107 Å². The van der Waals surface area contributed by atoms with Crippen LogP contribution in [0.2, 0.25) is 0 Å². The van der Waals surface area contributed by atoms with E-state index >= 15 is 0 Å². The Balaban J connectivity index is 2.37. The predicted octanol–water partition coefficient (Wildman–Crippen LogP) is 0.612. The smallest absolute Gasteiger partial charge is 0.335 e. The van der Waals surface area contributed by atoms with Crippen molar-refractivity contribution < 1.29 is 24.6 Å². The van der Waals surface area contributed by atoms with Crippen molar-refractivity contribution in [1.82, 2.24) is 4.90 Å². The Bertz CT molecular complexity index is 584. The van der Waals surface area contributed by atoms with Crippen molar-refractivity contribution in [2.75, 3.05) is 12.4 Å². The number of carbonyl (C=O) groups excluding carboxylic acids is 1. The number of amides is 1. The fourth-order valence-corrected chi connectivity index (χ4v) is 2.16. The SMILES string of the molecule is CN1Cc2cc(C(=O)O)ccc2N[C@@H](CC(=O)O)C1=O. The number of benzene rings is 1. The van der Waals surface area contributed by atoms with Crippen LogP contribution in [0.25, 0.3) is 0 Å². The van der Waals surface area contributed by atoms with E-state index < -0.39 is 18.0 Å². The van der Waals surface area contributed by atoms with Crippen LogP contribution in [0, 0.1) is 0 Å². The van der Waals surface area contributed by atoms with Crippen molar-refractivity contribution in [2.45, 2.75) is 19.0 Å². The molecule has 0 saturated carbocycles. The van der Waals surface area contributed by atoms with E-state index in [-0.39, 0.29) is 24.4 Å². The number of carboxylic acids is 2. The summed E-state index contributed by atoms with van der Waals surface area (Å²) < 4.78 is 0. The molecule has 0 saturated heterocycles. The van der Waals surface area contributed by atoms with Gasteiger partial charge in [0.1, 0.15) is 6.04 Å². The molecule has 1 atom stereocenters. The van der Waals surface area contributed by atoms with E-state index in [4.69, 9.17) is 10.2 Å². The number of nitrogens with one attached hydrogen (secondary N) is 1. The summed E-state index contributed by atoms with van der Waals surface area (Å²) in [6.07, 6.45) is -0.330. The molecule has 1 aliphatic rings. The van der Waals surface area contributed by atoms with Crippen LogP contribution >= 0.6 is 0 Å². The second-order valence-electron chi connectivity index (χ2n) is 4.67. The average Bonchev–Trinajstić information content (AvgIpc) is 2.47. The number of hydrogen-bond donors (Lipinski definition) is 3. The Labute approximate surface area is 114 Å². The first-order valence-corrected chi connectivity index (χ1v) is 5.98. The highest BCUT2D eigenvalue weighted by Gasteiger charge is 2.29. The van der Waals surface area contributed by atoms with Crippen molar-refractivity contribution in [1.29, 1.82) is 0 Å². The number of aliphatic carboxylic acids is 1. The Hall–Kier alpha value is -2.57. The third-order valence-electron chi connectivity index (χ3n) is 3.14. The first-order chi connectivity index (χ1) is 9.38. The van der Waals surface area contributed by atoms with Gasteiger partial charge in [0.2, 0.25) is 5.91 Å². The van der Waals surface area contributed by atoms with E-state index in [1.165, 1.54) is 17.0 Å². The van der Waals surface area contributed by atoms with E-state index in [2.05, 4.69) is 5.32 Å². The Morgan fingerprint density at radius 3 is 2.70 bits per heavy atom. The Morgan fingerprint density at radius 1 is 1.40 bits per heavy atom. The molecule has 7 nitrogen and oxygen atoms in total. The minimum Gasteiger partial charge on any atom is -0.481 e. The molecule has 0 aromatic heterocycles. The minimum absolute atomic E-state index is 0.128. The molecular formula is C13H14N2O5. The summed E-state index contributed by atoms with van der Waals surface area (Å²) in [6.45, 7) is 0.235. The van der Waals surface area contributed by atoms with Gasteiger partial charge in [-0.1, -0.05) is 0 Å². The molecular weight excluding hydrogens is 264 g/mol. The van der Waals surface area contributed by atoms with Crippen molar-refractivity contribution in [2.24, 2.45) is 0 Å². The number of hydrogen-bond acceptors (Lipinski definition) is 4. The highest BCUT2D eigenvalue weighted by molar-refractivity contribution is 5.91. The second-order valence-corrected chi connectivity index (χ2v) is 4.67.